The minimum Gasteiger partial charge on any atom is -0.375 e. The first kappa shape index (κ1) is 15.2. The molecule has 0 atom stereocenters. The van der Waals surface area contributed by atoms with Gasteiger partial charge in [0.15, 0.2) is 0 Å². The summed E-state index contributed by atoms with van der Waals surface area (Å²) in [5.74, 6) is 0.591. The van der Waals surface area contributed by atoms with Crippen LogP contribution in [0.3, 0.4) is 0 Å². The quantitative estimate of drug-likeness (QED) is 0.752. The highest BCUT2D eigenvalue weighted by molar-refractivity contribution is 5.73. The van der Waals surface area contributed by atoms with Crippen LogP contribution in [0.4, 0.5) is 10.5 Å². The van der Waals surface area contributed by atoms with E-state index in [2.05, 4.69) is 20.6 Å². The summed E-state index contributed by atoms with van der Waals surface area (Å²) in [5.41, 5.74) is 0.930. The van der Waals surface area contributed by atoms with Gasteiger partial charge in [-0.15, -0.1) is 0 Å². The molecule has 2 amide bonds. The second-order valence-corrected chi connectivity index (χ2v) is 4.66. The summed E-state index contributed by atoms with van der Waals surface area (Å²) in [6.45, 7) is 1.74. The van der Waals surface area contributed by atoms with Crippen molar-refractivity contribution in [2.45, 2.75) is 6.54 Å². The number of nitrogens with zero attached hydrogens (tertiary/aromatic N) is 4. The van der Waals surface area contributed by atoms with Crippen LogP contribution in [0.2, 0.25) is 0 Å². The van der Waals surface area contributed by atoms with Crippen LogP contribution in [0.25, 0.3) is 0 Å². The lowest BCUT2D eigenvalue weighted by molar-refractivity contribution is 0.239. The molecule has 0 aliphatic carbocycles. The van der Waals surface area contributed by atoms with Gasteiger partial charge in [-0.2, -0.15) is 0 Å². The van der Waals surface area contributed by atoms with E-state index in [1.165, 1.54) is 0 Å². The molecule has 0 unspecified atom stereocenters. The number of carbonyl (C=O) groups is 1. The molecule has 19 heavy (non-hydrogen) atoms. The molecule has 0 spiro atoms. The number of hydrogen-bond donors (Lipinski definition) is 2. The van der Waals surface area contributed by atoms with Crippen molar-refractivity contribution in [3.05, 3.63) is 18.2 Å². The topological polar surface area (TPSA) is 73.4 Å². The number of amides is 2. The number of rotatable bonds is 6. The third kappa shape index (κ3) is 6.01. The van der Waals surface area contributed by atoms with E-state index in [9.17, 15) is 4.79 Å². The minimum atomic E-state index is -0.206. The zero-order valence-corrected chi connectivity index (χ0v) is 12.0. The maximum absolute atomic E-state index is 11.5. The van der Waals surface area contributed by atoms with E-state index in [1.807, 2.05) is 38.0 Å². The summed E-state index contributed by atoms with van der Waals surface area (Å²) < 4.78 is 0. The fraction of sp³-hybridized carbons (Fsp3) is 0.583. The van der Waals surface area contributed by atoms with E-state index >= 15 is 0 Å². The van der Waals surface area contributed by atoms with Crippen LogP contribution >= 0.6 is 0 Å². The third-order valence-corrected chi connectivity index (χ3v) is 2.46. The van der Waals surface area contributed by atoms with Crippen LogP contribution in [-0.4, -0.2) is 62.2 Å². The molecule has 1 rings (SSSR count). The standard InChI is InChI=1S/C12H22N6O/c1-17(2)6-5-13-12(19)16-9-11-14-7-10(8-15-11)18(3)4/h7-8H,5-6,9H2,1-4H3,(H2,13,16,19). The van der Waals surface area contributed by atoms with E-state index < -0.39 is 0 Å². The van der Waals surface area contributed by atoms with Crippen LogP contribution in [0.5, 0.6) is 0 Å². The van der Waals surface area contributed by atoms with Gasteiger partial charge in [-0.1, -0.05) is 0 Å². The highest BCUT2D eigenvalue weighted by atomic mass is 16.2. The summed E-state index contributed by atoms with van der Waals surface area (Å²) >= 11 is 0. The number of nitrogens with one attached hydrogen (secondary N) is 2. The molecule has 1 heterocycles. The van der Waals surface area contributed by atoms with Crippen LogP contribution in [0.1, 0.15) is 5.82 Å². The Morgan fingerprint density at radius 2 is 1.79 bits per heavy atom. The summed E-state index contributed by atoms with van der Waals surface area (Å²) in [6, 6.07) is -0.206. The van der Waals surface area contributed by atoms with E-state index in [0.717, 1.165) is 12.2 Å². The summed E-state index contributed by atoms with van der Waals surface area (Å²) in [6.07, 6.45) is 3.46. The van der Waals surface area contributed by atoms with Gasteiger partial charge in [0.2, 0.25) is 0 Å². The minimum absolute atomic E-state index is 0.206. The Kier molecular flexibility index (Phi) is 6.01. The molecule has 2 N–H and O–H groups in total. The molecular weight excluding hydrogens is 244 g/mol. The fourth-order valence-electron chi connectivity index (χ4n) is 1.29. The van der Waals surface area contributed by atoms with Gasteiger partial charge < -0.3 is 20.4 Å². The lowest BCUT2D eigenvalue weighted by Gasteiger charge is -2.12. The number of hydrogen-bond acceptors (Lipinski definition) is 5. The average Bonchev–Trinajstić information content (AvgIpc) is 2.36. The number of urea groups is 1. The van der Waals surface area contributed by atoms with Crippen LogP contribution in [0.15, 0.2) is 12.4 Å². The van der Waals surface area contributed by atoms with Crippen molar-refractivity contribution in [3.8, 4) is 0 Å². The molecule has 0 fully saturated rings. The molecule has 7 heteroatoms. The average molecular weight is 266 g/mol. The molecular formula is C12H22N6O. The maximum Gasteiger partial charge on any atom is 0.315 e. The maximum atomic E-state index is 11.5. The van der Waals surface area contributed by atoms with Gasteiger partial charge in [-0.05, 0) is 14.1 Å². The van der Waals surface area contributed by atoms with Crippen LogP contribution in [-0.2, 0) is 6.54 Å². The molecule has 0 saturated heterocycles. The monoisotopic (exact) mass is 266 g/mol. The normalized spacial score (nSPS) is 10.4. The second kappa shape index (κ2) is 7.52. The van der Waals surface area contributed by atoms with E-state index in [-0.39, 0.29) is 6.03 Å². The van der Waals surface area contributed by atoms with E-state index in [0.29, 0.717) is 18.9 Å². The Bertz CT molecular complexity index is 390. The highest BCUT2D eigenvalue weighted by Gasteiger charge is 2.03. The van der Waals surface area contributed by atoms with Gasteiger partial charge in [0.05, 0.1) is 24.6 Å². The van der Waals surface area contributed by atoms with Crippen molar-refractivity contribution in [1.29, 1.82) is 0 Å². The molecule has 0 aromatic carbocycles. The zero-order chi connectivity index (χ0) is 14.3. The van der Waals surface area contributed by atoms with Crippen molar-refractivity contribution < 1.29 is 4.79 Å². The first-order valence-electron chi connectivity index (χ1n) is 6.13. The Hall–Kier alpha value is -1.89. The fourth-order valence-corrected chi connectivity index (χ4v) is 1.29. The van der Waals surface area contributed by atoms with Crippen molar-refractivity contribution in [1.82, 2.24) is 25.5 Å². The largest absolute Gasteiger partial charge is 0.375 e. The summed E-state index contributed by atoms with van der Waals surface area (Å²) in [5, 5.41) is 5.47. The molecule has 0 radical (unpaired) electrons. The van der Waals surface area contributed by atoms with E-state index in [1.54, 1.807) is 12.4 Å². The molecule has 0 saturated carbocycles. The van der Waals surface area contributed by atoms with Gasteiger partial charge >= 0.3 is 6.03 Å². The molecule has 7 nitrogen and oxygen atoms in total. The first-order chi connectivity index (χ1) is 8.99. The van der Waals surface area contributed by atoms with Gasteiger partial charge in [-0.25, -0.2) is 14.8 Å². The predicted octanol–water partition coefficient (Wildman–Crippen LogP) is -0.0966. The Morgan fingerprint density at radius 1 is 1.16 bits per heavy atom. The lowest BCUT2D eigenvalue weighted by Crippen LogP contribution is -2.38. The molecule has 1 aromatic rings. The summed E-state index contributed by atoms with van der Waals surface area (Å²) in [4.78, 5) is 23.7. The predicted molar refractivity (Wildman–Crippen MR) is 75.2 cm³/mol. The zero-order valence-electron chi connectivity index (χ0n) is 12.0. The van der Waals surface area contributed by atoms with Crippen LogP contribution in [0, 0.1) is 0 Å². The molecule has 0 aliphatic heterocycles. The van der Waals surface area contributed by atoms with Crippen molar-refractivity contribution in [2.75, 3.05) is 46.2 Å². The van der Waals surface area contributed by atoms with E-state index in [4.69, 9.17) is 0 Å². The molecule has 0 bridgehead atoms. The Morgan fingerprint density at radius 3 is 2.32 bits per heavy atom. The Labute approximate surface area is 114 Å². The second-order valence-electron chi connectivity index (χ2n) is 4.66. The lowest BCUT2D eigenvalue weighted by atomic mass is 10.4. The third-order valence-electron chi connectivity index (χ3n) is 2.46. The first-order valence-corrected chi connectivity index (χ1v) is 6.13. The SMILES string of the molecule is CN(C)CCNC(=O)NCc1ncc(N(C)C)cn1. The highest BCUT2D eigenvalue weighted by Crippen LogP contribution is 2.05. The van der Waals surface area contributed by atoms with Crippen LogP contribution < -0.4 is 15.5 Å². The number of carbonyl (C=O) groups excluding carboxylic acids is 1. The van der Waals surface area contributed by atoms with Gasteiger partial charge in [0.1, 0.15) is 5.82 Å². The number of anilines is 1. The number of likely N-dealkylation sites (N-methyl/N-ethyl adjacent to an activating group) is 1. The molecule has 106 valence electrons. The molecule has 1 aromatic heterocycles. The number of aromatic nitrogens is 2. The molecule has 0 aliphatic rings. The van der Waals surface area contributed by atoms with Crippen molar-refractivity contribution >= 4 is 11.7 Å². The van der Waals surface area contributed by atoms with Crippen molar-refractivity contribution in [3.63, 3.8) is 0 Å². The van der Waals surface area contributed by atoms with Crippen molar-refractivity contribution in [2.24, 2.45) is 0 Å². The summed E-state index contributed by atoms with van der Waals surface area (Å²) in [7, 11) is 7.77. The van der Waals surface area contributed by atoms with Gasteiger partial charge in [0.25, 0.3) is 0 Å². The smallest absolute Gasteiger partial charge is 0.315 e. The Balaban J connectivity index is 2.30. The van der Waals surface area contributed by atoms with Gasteiger partial charge in [-0.3, -0.25) is 0 Å². The van der Waals surface area contributed by atoms with Gasteiger partial charge in [0, 0.05) is 27.2 Å².